The lowest BCUT2D eigenvalue weighted by Gasteiger charge is -2.16. The summed E-state index contributed by atoms with van der Waals surface area (Å²) >= 11 is 3.18. The highest BCUT2D eigenvalue weighted by molar-refractivity contribution is 9.10. The van der Waals surface area contributed by atoms with Crippen LogP contribution in [0.2, 0.25) is 0 Å². The average molecular weight is 338 g/mol. The SMILES string of the molecule is Cc1cccc(OCCN(C)C(=O)c2ccc(Br)o2)c1. The summed E-state index contributed by atoms with van der Waals surface area (Å²) in [6, 6.07) is 11.2. The molecule has 0 spiro atoms. The van der Waals surface area contributed by atoms with Crippen LogP contribution in [-0.2, 0) is 0 Å². The van der Waals surface area contributed by atoms with Crippen LogP contribution < -0.4 is 4.74 Å². The molecule has 2 rings (SSSR count). The number of ether oxygens (including phenoxy) is 1. The van der Waals surface area contributed by atoms with Crippen molar-refractivity contribution in [3.63, 3.8) is 0 Å². The molecule has 5 heteroatoms. The molecule has 2 aromatic rings. The number of aryl methyl sites for hydroxylation is 1. The Bertz CT molecular complexity index is 594. The summed E-state index contributed by atoms with van der Waals surface area (Å²) in [5.74, 6) is 0.963. The van der Waals surface area contributed by atoms with Crippen LogP contribution in [0, 0.1) is 6.92 Å². The Kier molecular flexibility index (Phi) is 4.84. The van der Waals surface area contributed by atoms with E-state index in [4.69, 9.17) is 9.15 Å². The third-order valence-corrected chi connectivity index (χ3v) is 3.24. The Morgan fingerprint density at radius 1 is 1.35 bits per heavy atom. The van der Waals surface area contributed by atoms with Crippen molar-refractivity contribution in [2.24, 2.45) is 0 Å². The molecule has 1 aromatic carbocycles. The quantitative estimate of drug-likeness (QED) is 0.838. The summed E-state index contributed by atoms with van der Waals surface area (Å²) in [4.78, 5) is 13.6. The lowest BCUT2D eigenvalue weighted by atomic mass is 10.2. The minimum absolute atomic E-state index is 0.163. The fourth-order valence-electron chi connectivity index (χ4n) is 1.72. The molecule has 1 amide bonds. The molecule has 0 saturated heterocycles. The molecular weight excluding hydrogens is 322 g/mol. The molecule has 0 unspecified atom stereocenters. The highest BCUT2D eigenvalue weighted by atomic mass is 79.9. The number of benzene rings is 1. The molecule has 1 heterocycles. The molecule has 106 valence electrons. The minimum atomic E-state index is -0.163. The first-order chi connectivity index (χ1) is 9.56. The standard InChI is InChI=1S/C15H16BrNO3/c1-11-4-3-5-12(10-11)19-9-8-17(2)15(18)13-6-7-14(16)20-13/h3-7,10H,8-9H2,1-2H3. The smallest absolute Gasteiger partial charge is 0.289 e. The third kappa shape index (κ3) is 3.87. The van der Waals surface area contributed by atoms with E-state index in [-0.39, 0.29) is 5.91 Å². The van der Waals surface area contributed by atoms with Gasteiger partial charge < -0.3 is 14.1 Å². The molecule has 0 N–H and O–H groups in total. The first-order valence-corrected chi connectivity index (χ1v) is 7.06. The number of nitrogens with zero attached hydrogens (tertiary/aromatic N) is 1. The van der Waals surface area contributed by atoms with E-state index in [1.54, 1.807) is 24.1 Å². The molecule has 4 nitrogen and oxygen atoms in total. The average Bonchev–Trinajstić information content (AvgIpc) is 2.84. The van der Waals surface area contributed by atoms with Gasteiger partial charge in [-0.2, -0.15) is 0 Å². The molecule has 0 radical (unpaired) electrons. The molecule has 0 atom stereocenters. The van der Waals surface area contributed by atoms with Gasteiger partial charge in [-0.1, -0.05) is 12.1 Å². The van der Waals surface area contributed by atoms with Crippen LogP contribution >= 0.6 is 15.9 Å². The van der Waals surface area contributed by atoms with Crippen molar-refractivity contribution in [2.45, 2.75) is 6.92 Å². The van der Waals surface area contributed by atoms with Crippen molar-refractivity contribution >= 4 is 21.8 Å². The van der Waals surface area contributed by atoms with Crippen LogP contribution in [0.1, 0.15) is 16.1 Å². The van der Waals surface area contributed by atoms with Crippen molar-refractivity contribution in [1.29, 1.82) is 0 Å². The monoisotopic (exact) mass is 337 g/mol. The van der Waals surface area contributed by atoms with Gasteiger partial charge in [-0.3, -0.25) is 4.79 Å². The van der Waals surface area contributed by atoms with Gasteiger partial charge in [0.1, 0.15) is 12.4 Å². The Balaban J connectivity index is 1.83. The summed E-state index contributed by atoms with van der Waals surface area (Å²) < 4.78 is 11.4. The zero-order valence-corrected chi connectivity index (χ0v) is 13.0. The predicted molar refractivity (Wildman–Crippen MR) is 80.0 cm³/mol. The summed E-state index contributed by atoms with van der Waals surface area (Å²) in [6.45, 7) is 2.94. The van der Waals surface area contributed by atoms with Gasteiger partial charge in [-0.25, -0.2) is 0 Å². The van der Waals surface area contributed by atoms with Gasteiger partial charge in [-0.05, 0) is 52.7 Å². The van der Waals surface area contributed by atoms with Crippen LogP contribution in [0.4, 0.5) is 0 Å². The maximum atomic E-state index is 12.0. The topological polar surface area (TPSA) is 42.7 Å². The molecule has 0 fully saturated rings. The fourth-order valence-corrected chi connectivity index (χ4v) is 2.03. The molecule has 1 aromatic heterocycles. The number of rotatable bonds is 5. The number of furan rings is 1. The Morgan fingerprint density at radius 2 is 2.15 bits per heavy atom. The molecular formula is C15H16BrNO3. The van der Waals surface area contributed by atoms with Gasteiger partial charge >= 0.3 is 0 Å². The third-order valence-electron chi connectivity index (χ3n) is 2.82. The van der Waals surface area contributed by atoms with E-state index in [0.29, 0.717) is 23.6 Å². The second-order valence-corrected chi connectivity index (χ2v) is 5.28. The van der Waals surface area contributed by atoms with Crippen molar-refractivity contribution in [2.75, 3.05) is 20.2 Å². The normalized spacial score (nSPS) is 10.3. The van der Waals surface area contributed by atoms with E-state index in [1.807, 2.05) is 31.2 Å². The maximum Gasteiger partial charge on any atom is 0.289 e. The number of carbonyl (C=O) groups is 1. The van der Waals surface area contributed by atoms with Crippen LogP contribution in [0.15, 0.2) is 45.5 Å². The van der Waals surface area contributed by atoms with Crippen molar-refractivity contribution in [1.82, 2.24) is 4.90 Å². The summed E-state index contributed by atoms with van der Waals surface area (Å²) in [5.41, 5.74) is 1.15. The predicted octanol–water partition coefficient (Wildman–Crippen LogP) is 3.50. The van der Waals surface area contributed by atoms with Crippen LogP contribution in [0.3, 0.4) is 0 Å². The van der Waals surface area contributed by atoms with Crippen molar-refractivity contribution in [3.05, 3.63) is 52.4 Å². The second-order valence-electron chi connectivity index (χ2n) is 4.50. The summed E-state index contributed by atoms with van der Waals surface area (Å²) in [7, 11) is 1.72. The van der Waals surface area contributed by atoms with E-state index >= 15 is 0 Å². The van der Waals surface area contributed by atoms with Crippen molar-refractivity contribution in [3.8, 4) is 5.75 Å². The molecule has 0 bridgehead atoms. The highest BCUT2D eigenvalue weighted by Crippen LogP contribution is 2.15. The highest BCUT2D eigenvalue weighted by Gasteiger charge is 2.15. The van der Waals surface area contributed by atoms with E-state index < -0.39 is 0 Å². The number of amides is 1. The fraction of sp³-hybridized carbons (Fsp3) is 0.267. The number of hydrogen-bond donors (Lipinski definition) is 0. The maximum absolute atomic E-state index is 12.0. The van der Waals surface area contributed by atoms with E-state index in [1.165, 1.54) is 0 Å². The minimum Gasteiger partial charge on any atom is -0.492 e. The Morgan fingerprint density at radius 3 is 2.80 bits per heavy atom. The zero-order valence-electron chi connectivity index (χ0n) is 11.4. The van der Waals surface area contributed by atoms with Gasteiger partial charge in [0.05, 0.1) is 6.54 Å². The largest absolute Gasteiger partial charge is 0.492 e. The van der Waals surface area contributed by atoms with Gasteiger partial charge in [0.15, 0.2) is 10.4 Å². The summed E-state index contributed by atoms with van der Waals surface area (Å²) in [6.07, 6.45) is 0. The lowest BCUT2D eigenvalue weighted by Crippen LogP contribution is -2.30. The van der Waals surface area contributed by atoms with E-state index in [2.05, 4.69) is 15.9 Å². The number of halogens is 1. The van der Waals surface area contributed by atoms with E-state index in [9.17, 15) is 4.79 Å². The molecule has 0 aliphatic heterocycles. The zero-order chi connectivity index (χ0) is 14.5. The number of hydrogen-bond acceptors (Lipinski definition) is 3. The summed E-state index contributed by atoms with van der Waals surface area (Å²) in [5, 5.41) is 0. The first kappa shape index (κ1) is 14.7. The lowest BCUT2D eigenvalue weighted by molar-refractivity contribution is 0.0741. The van der Waals surface area contributed by atoms with Crippen LogP contribution in [-0.4, -0.2) is 31.0 Å². The van der Waals surface area contributed by atoms with Crippen molar-refractivity contribution < 1.29 is 13.9 Å². The Hall–Kier alpha value is -1.75. The van der Waals surface area contributed by atoms with Crippen LogP contribution in [0.5, 0.6) is 5.75 Å². The second kappa shape index (κ2) is 6.61. The molecule has 0 aliphatic rings. The molecule has 0 saturated carbocycles. The van der Waals surface area contributed by atoms with Gasteiger partial charge in [0, 0.05) is 7.05 Å². The number of likely N-dealkylation sites (N-methyl/N-ethyl adjacent to an activating group) is 1. The first-order valence-electron chi connectivity index (χ1n) is 6.26. The molecule has 0 aliphatic carbocycles. The van der Waals surface area contributed by atoms with E-state index in [0.717, 1.165) is 11.3 Å². The van der Waals surface area contributed by atoms with Crippen LogP contribution in [0.25, 0.3) is 0 Å². The Labute approximate surface area is 126 Å². The van der Waals surface area contributed by atoms with Gasteiger partial charge in [-0.15, -0.1) is 0 Å². The van der Waals surface area contributed by atoms with Gasteiger partial charge in [0.25, 0.3) is 5.91 Å². The molecule has 20 heavy (non-hydrogen) atoms. The number of carbonyl (C=O) groups excluding carboxylic acids is 1. The van der Waals surface area contributed by atoms with Gasteiger partial charge in [0.2, 0.25) is 0 Å².